The van der Waals surface area contributed by atoms with Crippen LogP contribution in [0.1, 0.15) is 26.2 Å². The van der Waals surface area contributed by atoms with E-state index in [1.54, 1.807) is 0 Å². The van der Waals surface area contributed by atoms with Crippen molar-refractivity contribution >= 4 is 24.5 Å². The number of hydrogen-bond donors (Lipinski definition) is 2. The standard InChI is InChI=1S/C12H22N2O3S/c1-10(9-18)13-5-7-14(8-6-13)11(15)3-2-4-12(16)17/h10,18H,2-9H2,1H3,(H,16,17). The van der Waals surface area contributed by atoms with E-state index in [1.165, 1.54) is 0 Å². The van der Waals surface area contributed by atoms with Gasteiger partial charge in [-0.3, -0.25) is 14.5 Å². The van der Waals surface area contributed by atoms with Crippen LogP contribution in [0, 0.1) is 0 Å². The molecule has 5 nitrogen and oxygen atoms in total. The average Bonchev–Trinajstić information content (AvgIpc) is 2.37. The van der Waals surface area contributed by atoms with Gasteiger partial charge in [-0.15, -0.1) is 0 Å². The van der Waals surface area contributed by atoms with E-state index in [9.17, 15) is 9.59 Å². The zero-order valence-corrected chi connectivity index (χ0v) is 11.7. The van der Waals surface area contributed by atoms with E-state index >= 15 is 0 Å². The van der Waals surface area contributed by atoms with Crippen LogP contribution in [0.3, 0.4) is 0 Å². The first-order valence-corrected chi connectivity index (χ1v) is 7.02. The number of amides is 1. The lowest BCUT2D eigenvalue weighted by Gasteiger charge is -2.37. The van der Waals surface area contributed by atoms with Gasteiger partial charge in [0.25, 0.3) is 0 Å². The summed E-state index contributed by atoms with van der Waals surface area (Å²) in [5.41, 5.74) is 0. The molecule has 1 saturated heterocycles. The lowest BCUT2D eigenvalue weighted by molar-refractivity contribution is -0.137. The van der Waals surface area contributed by atoms with Crippen LogP contribution in [0.25, 0.3) is 0 Å². The van der Waals surface area contributed by atoms with Crippen LogP contribution >= 0.6 is 12.6 Å². The van der Waals surface area contributed by atoms with Crippen LogP contribution in [0.15, 0.2) is 0 Å². The highest BCUT2D eigenvalue weighted by molar-refractivity contribution is 7.80. The number of aliphatic carboxylic acids is 1. The van der Waals surface area contributed by atoms with Crippen molar-refractivity contribution in [3.8, 4) is 0 Å². The van der Waals surface area contributed by atoms with Gasteiger partial charge in [0.1, 0.15) is 0 Å². The van der Waals surface area contributed by atoms with E-state index in [0.29, 0.717) is 18.9 Å². The van der Waals surface area contributed by atoms with Crippen molar-refractivity contribution in [3.05, 3.63) is 0 Å². The van der Waals surface area contributed by atoms with Crippen LogP contribution in [-0.2, 0) is 9.59 Å². The number of hydrogen-bond acceptors (Lipinski definition) is 4. The van der Waals surface area contributed by atoms with Gasteiger partial charge >= 0.3 is 5.97 Å². The molecule has 0 aromatic heterocycles. The first kappa shape index (κ1) is 15.3. The van der Waals surface area contributed by atoms with Crippen molar-refractivity contribution in [1.29, 1.82) is 0 Å². The lowest BCUT2D eigenvalue weighted by atomic mass is 10.2. The monoisotopic (exact) mass is 274 g/mol. The van der Waals surface area contributed by atoms with Crippen molar-refractivity contribution < 1.29 is 14.7 Å². The second-order valence-electron chi connectivity index (χ2n) is 4.70. The van der Waals surface area contributed by atoms with E-state index in [-0.39, 0.29) is 12.3 Å². The van der Waals surface area contributed by atoms with E-state index in [0.717, 1.165) is 31.9 Å². The number of carboxylic acids is 1. The molecule has 1 atom stereocenters. The van der Waals surface area contributed by atoms with Gasteiger partial charge in [0.05, 0.1) is 0 Å². The molecule has 6 heteroatoms. The zero-order chi connectivity index (χ0) is 13.5. The molecule has 0 aliphatic carbocycles. The summed E-state index contributed by atoms with van der Waals surface area (Å²) in [4.78, 5) is 26.4. The maximum atomic E-state index is 11.8. The minimum atomic E-state index is -0.838. The highest BCUT2D eigenvalue weighted by atomic mass is 32.1. The molecule has 0 radical (unpaired) electrons. The van der Waals surface area contributed by atoms with Crippen molar-refractivity contribution in [1.82, 2.24) is 9.80 Å². The molecule has 1 N–H and O–H groups in total. The summed E-state index contributed by atoms with van der Waals surface area (Å²) < 4.78 is 0. The van der Waals surface area contributed by atoms with Crippen molar-refractivity contribution in [2.75, 3.05) is 31.9 Å². The van der Waals surface area contributed by atoms with Crippen LogP contribution in [0.5, 0.6) is 0 Å². The molecule has 0 spiro atoms. The van der Waals surface area contributed by atoms with Crippen LogP contribution in [0.2, 0.25) is 0 Å². The number of rotatable bonds is 6. The Labute approximate surface area is 114 Å². The van der Waals surface area contributed by atoms with Crippen LogP contribution in [0.4, 0.5) is 0 Å². The first-order valence-electron chi connectivity index (χ1n) is 6.39. The van der Waals surface area contributed by atoms with E-state index in [1.807, 2.05) is 4.90 Å². The van der Waals surface area contributed by atoms with Crippen molar-refractivity contribution in [3.63, 3.8) is 0 Å². The Bertz CT molecular complexity index is 291. The lowest BCUT2D eigenvalue weighted by Crippen LogP contribution is -2.51. The van der Waals surface area contributed by atoms with Gasteiger partial charge in [0, 0.05) is 50.8 Å². The smallest absolute Gasteiger partial charge is 0.303 e. The molecule has 1 amide bonds. The summed E-state index contributed by atoms with van der Waals surface area (Å²) in [7, 11) is 0. The quantitative estimate of drug-likeness (QED) is 0.700. The molecule has 1 rings (SSSR count). The molecule has 0 aromatic rings. The third-order valence-electron chi connectivity index (χ3n) is 3.34. The summed E-state index contributed by atoms with van der Waals surface area (Å²) in [5, 5.41) is 8.52. The third-order valence-corrected chi connectivity index (χ3v) is 3.86. The molecule has 104 valence electrons. The van der Waals surface area contributed by atoms with Gasteiger partial charge < -0.3 is 10.0 Å². The number of thiol groups is 1. The minimum Gasteiger partial charge on any atom is -0.481 e. The largest absolute Gasteiger partial charge is 0.481 e. The Hall–Kier alpha value is -0.750. The molecule has 18 heavy (non-hydrogen) atoms. The fraction of sp³-hybridized carbons (Fsp3) is 0.833. The Morgan fingerprint density at radius 3 is 2.33 bits per heavy atom. The maximum Gasteiger partial charge on any atom is 0.303 e. The summed E-state index contributed by atoms with van der Waals surface area (Å²) in [6, 6.07) is 0.442. The molecule has 1 aliphatic rings. The summed E-state index contributed by atoms with van der Waals surface area (Å²) >= 11 is 4.28. The summed E-state index contributed by atoms with van der Waals surface area (Å²) in [6.07, 6.45) is 0.845. The van der Waals surface area contributed by atoms with E-state index < -0.39 is 5.97 Å². The highest BCUT2D eigenvalue weighted by Gasteiger charge is 2.23. The third kappa shape index (κ3) is 4.86. The molecule has 1 fully saturated rings. The normalized spacial score (nSPS) is 18.7. The molecular weight excluding hydrogens is 252 g/mol. The van der Waals surface area contributed by atoms with Gasteiger partial charge in [0.15, 0.2) is 0 Å². The Balaban J connectivity index is 2.25. The SMILES string of the molecule is CC(CS)N1CCN(C(=O)CCCC(=O)O)CC1. The Kier molecular flexibility index (Phi) is 6.49. The van der Waals surface area contributed by atoms with Gasteiger partial charge in [-0.1, -0.05) is 0 Å². The molecule has 1 heterocycles. The van der Waals surface area contributed by atoms with Crippen LogP contribution in [-0.4, -0.2) is 64.8 Å². The number of nitrogens with zero attached hydrogens (tertiary/aromatic N) is 2. The van der Waals surface area contributed by atoms with Crippen molar-refractivity contribution in [2.24, 2.45) is 0 Å². The highest BCUT2D eigenvalue weighted by Crippen LogP contribution is 2.09. The molecular formula is C12H22N2O3S. The number of carboxylic acid groups (broad SMARTS) is 1. The summed E-state index contributed by atoms with van der Waals surface area (Å²) in [5.74, 6) is 0.0664. The Morgan fingerprint density at radius 1 is 1.22 bits per heavy atom. The fourth-order valence-corrected chi connectivity index (χ4v) is 2.31. The second-order valence-corrected chi connectivity index (χ2v) is 5.06. The number of carbonyl (C=O) groups excluding carboxylic acids is 1. The Morgan fingerprint density at radius 2 is 1.83 bits per heavy atom. The van der Waals surface area contributed by atoms with Crippen molar-refractivity contribution in [2.45, 2.75) is 32.2 Å². The first-order chi connectivity index (χ1) is 8.54. The molecule has 0 saturated carbocycles. The van der Waals surface area contributed by atoms with Gasteiger partial charge in [-0.05, 0) is 13.3 Å². The maximum absolute atomic E-state index is 11.8. The average molecular weight is 274 g/mol. The molecule has 0 bridgehead atoms. The predicted octanol–water partition coefficient (Wildman–Crippen LogP) is 0.704. The topological polar surface area (TPSA) is 60.9 Å². The van der Waals surface area contributed by atoms with Crippen LogP contribution < -0.4 is 0 Å². The summed E-state index contributed by atoms with van der Waals surface area (Å²) in [6.45, 7) is 5.38. The predicted molar refractivity (Wildman–Crippen MR) is 73.0 cm³/mol. The fourth-order valence-electron chi connectivity index (χ4n) is 2.08. The molecule has 0 aromatic carbocycles. The van der Waals surface area contributed by atoms with E-state index in [4.69, 9.17) is 5.11 Å². The van der Waals surface area contributed by atoms with Gasteiger partial charge in [-0.2, -0.15) is 12.6 Å². The molecule has 1 unspecified atom stereocenters. The number of piperazine rings is 1. The van der Waals surface area contributed by atoms with Gasteiger partial charge in [-0.25, -0.2) is 0 Å². The number of carbonyl (C=O) groups is 2. The minimum absolute atomic E-state index is 0.0718. The second kappa shape index (κ2) is 7.63. The molecule has 1 aliphatic heterocycles. The zero-order valence-electron chi connectivity index (χ0n) is 10.8. The van der Waals surface area contributed by atoms with Gasteiger partial charge in [0.2, 0.25) is 5.91 Å². The van der Waals surface area contributed by atoms with E-state index in [2.05, 4.69) is 24.5 Å².